The summed E-state index contributed by atoms with van der Waals surface area (Å²) in [4.78, 5) is 0. The highest BCUT2D eigenvalue weighted by Gasteiger charge is 2.33. The van der Waals surface area contributed by atoms with Gasteiger partial charge in [-0.1, -0.05) is 6.07 Å². The Kier molecular flexibility index (Phi) is 3.85. The standard InChI is InChI=1S/C14H17F3N2/c1-3-19-9-10(7-8-18-2)13-11(14(15,16)17)5-4-6-12(13)19/h4-6,9,18H,3,7-8H2,1-2H3. The van der Waals surface area contributed by atoms with E-state index in [1.54, 1.807) is 13.1 Å². The van der Waals surface area contributed by atoms with E-state index in [4.69, 9.17) is 0 Å². The van der Waals surface area contributed by atoms with E-state index in [2.05, 4.69) is 5.32 Å². The lowest BCUT2D eigenvalue weighted by atomic mass is 10.0. The number of nitrogens with zero attached hydrogens (tertiary/aromatic N) is 1. The number of fused-ring (bicyclic) bond motifs is 1. The van der Waals surface area contributed by atoms with Crippen LogP contribution in [0.5, 0.6) is 0 Å². The van der Waals surface area contributed by atoms with Crippen molar-refractivity contribution in [1.29, 1.82) is 0 Å². The largest absolute Gasteiger partial charge is 0.417 e. The lowest BCUT2D eigenvalue weighted by Gasteiger charge is -2.10. The molecule has 0 aliphatic rings. The van der Waals surface area contributed by atoms with Crippen molar-refractivity contribution in [3.05, 3.63) is 35.5 Å². The molecule has 0 fully saturated rings. The molecule has 1 aromatic carbocycles. The van der Waals surface area contributed by atoms with E-state index >= 15 is 0 Å². The van der Waals surface area contributed by atoms with Crippen molar-refractivity contribution in [1.82, 2.24) is 9.88 Å². The smallest absolute Gasteiger partial charge is 0.347 e. The number of nitrogens with one attached hydrogen (secondary N) is 1. The zero-order chi connectivity index (χ0) is 14.0. The van der Waals surface area contributed by atoms with Gasteiger partial charge in [0.05, 0.1) is 5.56 Å². The predicted octanol–water partition coefficient (Wildman–Crippen LogP) is 3.44. The van der Waals surface area contributed by atoms with E-state index < -0.39 is 11.7 Å². The molecule has 2 rings (SSSR count). The fourth-order valence-electron chi connectivity index (χ4n) is 2.39. The molecule has 2 aromatic rings. The van der Waals surface area contributed by atoms with E-state index in [0.717, 1.165) is 11.6 Å². The van der Waals surface area contributed by atoms with Crippen molar-refractivity contribution >= 4 is 10.9 Å². The average Bonchev–Trinajstić information content (AvgIpc) is 2.73. The molecule has 0 atom stereocenters. The highest BCUT2D eigenvalue weighted by molar-refractivity contribution is 5.88. The van der Waals surface area contributed by atoms with Gasteiger partial charge in [-0.25, -0.2) is 0 Å². The molecule has 0 unspecified atom stereocenters. The number of benzene rings is 1. The lowest BCUT2D eigenvalue weighted by Crippen LogP contribution is -2.11. The van der Waals surface area contributed by atoms with Gasteiger partial charge in [-0.15, -0.1) is 0 Å². The minimum atomic E-state index is -4.31. The Balaban J connectivity index is 2.67. The first kappa shape index (κ1) is 13.9. The second-order valence-corrected chi connectivity index (χ2v) is 4.49. The Morgan fingerprint density at radius 2 is 2.00 bits per heavy atom. The highest BCUT2D eigenvalue weighted by Crippen LogP contribution is 2.37. The number of hydrogen-bond donors (Lipinski definition) is 1. The maximum absolute atomic E-state index is 13.1. The number of alkyl halides is 3. The summed E-state index contributed by atoms with van der Waals surface area (Å²) in [6.07, 6.45) is -1.89. The van der Waals surface area contributed by atoms with Gasteiger partial charge in [0.15, 0.2) is 0 Å². The molecular weight excluding hydrogens is 253 g/mol. The Morgan fingerprint density at radius 1 is 1.26 bits per heavy atom. The Labute approximate surface area is 110 Å². The minimum Gasteiger partial charge on any atom is -0.347 e. The van der Waals surface area contributed by atoms with E-state index in [1.807, 2.05) is 17.7 Å². The van der Waals surface area contributed by atoms with Crippen LogP contribution in [0.3, 0.4) is 0 Å². The maximum Gasteiger partial charge on any atom is 0.417 e. The van der Waals surface area contributed by atoms with Crippen molar-refractivity contribution < 1.29 is 13.2 Å². The zero-order valence-corrected chi connectivity index (χ0v) is 11.0. The van der Waals surface area contributed by atoms with Crippen LogP contribution in [-0.2, 0) is 19.1 Å². The van der Waals surface area contributed by atoms with Crippen molar-refractivity contribution in [3.63, 3.8) is 0 Å². The van der Waals surface area contributed by atoms with E-state index in [1.165, 1.54) is 6.07 Å². The first-order valence-corrected chi connectivity index (χ1v) is 6.31. The van der Waals surface area contributed by atoms with E-state index in [0.29, 0.717) is 30.4 Å². The summed E-state index contributed by atoms with van der Waals surface area (Å²) in [7, 11) is 1.80. The molecule has 0 bridgehead atoms. The van der Waals surface area contributed by atoms with E-state index in [-0.39, 0.29) is 0 Å². The minimum absolute atomic E-state index is 0.340. The number of hydrogen-bond acceptors (Lipinski definition) is 1. The summed E-state index contributed by atoms with van der Waals surface area (Å²) >= 11 is 0. The zero-order valence-electron chi connectivity index (χ0n) is 11.0. The van der Waals surface area contributed by atoms with Crippen molar-refractivity contribution in [2.75, 3.05) is 13.6 Å². The summed E-state index contributed by atoms with van der Waals surface area (Å²) in [5, 5.41) is 3.32. The molecule has 2 nitrogen and oxygen atoms in total. The van der Waals surface area contributed by atoms with Crippen LogP contribution in [-0.4, -0.2) is 18.2 Å². The highest BCUT2D eigenvalue weighted by atomic mass is 19.4. The summed E-state index contributed by atoms with van der Waals surface area (Å²) < 4.78 is 41.2. The Bertz CT molecular complexity index is 570. The van der Waals surface area contributed by atoms with Gasteiger partial charge >= 0.3 is 6.18 Å². The van der Waals surface area contributed by atoms with Crippen LogP contribution in [0.15, 0.2) is 24.4 Å². The molecule has 1 N–H and O–H groups in total. The van der Waals surface area contributed by atoms with Gasteiger partial charge < -0.3 is 9.88 Å². The molecular formula is C14H17F3N2. The van der Waals surface area contributed by atoms with Gasteiger partial charge in [-0.2, -0.15) is 13.2 Å². The van der Waals surface area contributed by atoms with E-state index in [9.17, 15) is 13.2 Å². The lowest BCUT2D eigenvalue weighted by molar-refractivity contribution is -0.136. The Morgan fingerprint density at radius 3 is 2.58 bits per heavy atom. The molecule has 0 saturated carbocycles. The molecule has 0 aliphatic carbocycles. The quantitative estimate of drug-likeness (QED) is 0.900. The van der Waals surface area contributed by atoms with Crippen LogP contribution in [0.25, 0.3) is 10.9 Å². The summed E-state index contributed by atoms with van der Waals surface area (Å²) in [5.41, 5.74) is 0.867. The maximum atomic E-state index is 13.1. The van der Waals surface area contributed by atoms with Crippen LogP contribution in [0.1, 0.15) is 18.1 Å². The van der Waals surface area contributed by atoms with Crippen LogP contribution in [0.4, 0.5) is 13.2 Å². The molecule has 0 radical (unpaired) electrons. The van der Waals surface area contributed by atoms with Gasteiger partial charge in [-0.05, 0) is 44.6 Å². The topological polar surface area (TPSA) is 17.0 Å². The number of aromatic nitrogens is 1. The van der Waals surface area contributed by atoms with Crippen LogP contribution in [0.2, 0.25) is 0 Å². The summed E-state index contributed by atoms with van der Waals surface area (Å²) in [6, 6.07) is 4.38. The first-order chi connectivity index (χ1) is 8.99. The number of aryl methyl sites for hydroxylation is 1. The predicted molar refractivity (Wildman–Crippen MR) is 70.2 cm³/mol. The SMILES string of the molecule is CCn1cc(CCNC)c2c(C(F)(F)F)cccc21. The molecule has 1 heterocycles. The van der Waals surface area contributed by atoms with Gasteiger partial charge in [0.2, 0.25) is 0 Å². The van der Waals surface area contributed by atoms with Crippen LogP contribution < -0.4 is 5.32 Å². The molecule has 0 amide bonds. The number of halogens is 3. The normalized spacial score (nSPS) is 12.3. The molecule has 104 valence electrons. The molecule has 0 spiro atoms. The fourth-order valence-corrected chi connectivity index (χ4v) is 2.39. The summed E-state index contributed by atoms with van der Waals surface area (Å²) in [6.45, 7) is 3.26. The molecule has 0 aliphatic heterocycles. The molecule has 5 heteroatoms. The third-order valence-electron chi connectivity index (χ3n) is 3.28. The van der Waals surface area contributed by atoms with Gasteiger partial charge in [0.25, 0.3) is 0 Å². The second kappa shape index (κ2) is 5.25. The average molecular weight is 270 g/mol. The summed E-state index contributed by atoms with van der Waals surface area (Å²) in [5.74, 6) is 0. The Hall–Kier alpha value is -1.49. The van der Waals surface area contributed by atoms with Crippen molar-refractivity contribution in [2.45, 2.75) is 26.1 Å². The fraction of sp³-hybridized carbons (Fsp3) is 0.429. The van der Waals surface area contributed by atoms with Gasteiger partial charge in [0.1, 0.15) is 0 Å². The van der Waals surface area contributed by atoms with Crippen molar-refractivity contribution in [3.8, 4) is 0 Å². The van der Waals surface area contributed by atoms with Crippen LogP contribution >= 0.6 is 0 Å². The third kappa shape index (κ3) is 2.61. The first-order valence-electron chi connectivity index (χ1n) is 6.31. The van der Waals surface area contributed by atoms with Gasteiger partial charge in [-0.3, -0.25) is 0 Å². The second-order valence-electron chi connectivity index (χ2n) is 4.49. The van der Waals surface area contributed by atoms with Crippen LogP contribution in [0, 0.1) is 0 Å². The van der Waals surface area contributed by atoms with Gasteiger partial charge in [0, 0.05) is 23.6 Å². The monoisotopic (exact) mass is 270 g/mol. The number of rotatable bonds is 4. The third-order valence-corrected chi connectivity index (χ3v) is 3.28. The molecule has 0 saturated heterocycles. The number of likely N-dealkylation sites (N-methyl/N-ethyl adjacent to an activating group) is 1. The molecule has 19 heavy (non-hydrogen) atoms. The van der Waals surface area contributed by atoms with Crippen molar-refractivity contribution in [2.24, 2.45) is 0 Å². The molecule has 1 aromatic heterocycles.